The van der Waals surface area contributed by atoms with Crippen LogP contribution >= 0.6 is 12.6 Å². The van der Waals surface area contributed by atoms with Crippen molar-refractivity contribution in [2.24, 2.45) is 5.73 Å². The van der Waals surface area contributed by atoms with Gasteiger partial charge in [0.25, 0.3) is 0 Å². The third-order valence-electron chi connectivity index (χ3n) is 1.99. The van der Waals surface area contributed by atoms with Gasteiger partial charge in [0, 0.05) is 5.25 Å². The van der Waals surface area contributed by atoms with Gasteiger partial charge in [0.2, 0.25) is 0 Å². The summed E-state index contributed by atoms with van der Waals surface area (Å²) in [4.78, 5) is 10.6. The number of thiol groups is 1. The maximum atomic E-state index is 10.6. The van der Waals surface area contributed by atoms with Gasteiger partial charge in [-0.05, 0) is 12.0 Å². The van der Waals surface area contributed by atoms with Gasteiger partial charge in [0.05, 0.1) is 0 Å². The Bertz CT molecular complexity index is 302. The Morgan fingerprint density at radius 1 is 1.43 bits per heavy atom. The number of aliphatic carboxylic acids is 1. The lowest BCUT2D eigenvalue weighted by Crippen LogP contribution is -2.39. The molecule has 2 atom stereocenters. The largest absolute Gasteiger partial charge is 0.480 e. The summed E-state index contributed by atoms with van der Waals surface area (Å²) in [6.07, 6.45) is 0.567. The summed E-state index contributed by atoms with van der Waals surface area (Å²) in [7, 11) is 0. The smallest absolute Gasteiger partial charge is 0.321 e. The second kappa shape index (κ2) is 5.02. The van der Waals surface area contributed by atoms with Gasteiger partial charge in [-0.15, -0.1) is 0 Å². The molecule has 0 heterocycles. The van der Waals surface area contributed by atoms with Crippen LogP contribution in [-0.4, -0.2) is 22.4 Å². The minimum atomic E-state index is -1.01. The quantitative estimate of drug-likeness (QED) is 0.649. The molecule has 76 valence electrons. The Hall–Kier alpha value is -1.00. The van der Waals surface area contributed by atoms with Crippen LogP contribution in [0, 0.1) is 0 Å². The number of carboxylic acids is 1. The normalized spacial score (nSPS) is 14.7. The topological polar surface area (TPSA) is 63.3 Å². The zero-order valence-corrected chi connectivity index (χ0v) is 8.52. The highest BCUT2D eigenvalue weighted by Gasteiger charge is 2.20. The van der Waals surface area contributed by atoms with Crippen LogP contribution in [0.1, 0.15) is 5.56 Å². The minimum absolute atomic E-state index is 0.352. The molecule has 0 saturated carbocycles. The van der Waals surface area contributed by atoms with E-state index in [0.717, 1.165) is 5.56 Å². The van der Waals surface area contributed by atoms with Crippen LogP contribution < -0.4 is 5.73 Å². The van der Waals surface area contributed by atoms with E-state index < -0.39 is 12.0 Å². The van der Waals surface area contributed by atoms with Crippen LogP contribution in [-0.2, 0) is 11.2 Å². The second-order valence-electron chi connectivity index (χ2n) is 3.12. The van der Waals surface area contributed by atoms with Crippen molar-refractivity contribution in [1.29, 1.82) is 0 Å². The van der Waals surface area contributed by atoms with E-state index in [1.165, 1.54) is 0 Å². The summed E-state index contributed by atoms with van der Waals surface area (Å²) in [5.41, 5.74) is 6.48. The molecule has 1 aromatic rings. The molecule has 0 fully saturated rings. The molecule has 0 aliphatic heterocycles. The molecule has 1 unspecified atom stereocenters. The number of carbonyl (C=O) groups is 1. The monoisotopic (exact) mass is 211 g/mol. The van der Waals surface area contributed by atoms with Crippen LogP contribution in [0.5, 0.6) is 0 Å². The lowest BCUT2D eigenvalue weighted by molar-refractivity contribution is -0.138. The molecule has 0 saturated heterocycles. The molecule has 0 spiro atoms. The maximum Gasteiger partial charge on any atom is 0.321 e. The van der Waals surface area contributed by atoms with Crippen molar-refractivity contribution in [2.75, 3.05) is 0 Å². The lowest BCUT2D eigenvalue weighted by atomic mass is 10.1. The van der Waals surface area contributed by atoms with Crippen molar-refractivity contribution in [1.82, 2.24) is 0 Å². The summed E-state index contributed by atoms with van der Waals surface area (Å²) >= 11 is 4.17. The van der Waals surface area contributed by atoms with E-state index in [-0.39, 0.29) is 5.25 Å². The van der Waals surface area contributed by atoms with E-state index in [9.17, 15) is 4.79 Å². The highest BCUT2D eigenvalue weighted by molar-refractivity contribution is 7.81. The summed E-state index contributed by atoms with van der Waals surface area (Å²) in [6, 6.07) is 8.66. The standard InChI is InChI=1S/C10H13NO2S/c11-9(10(12)13)8(14)6-7-4-2-1-3-5-7/h1-5,8-9,14H,6,11H2,(H,12,13)/t8?,9-/m0/s1. The van der Waals surface area contributed by atoms with Gasteiger partial charge in [0.15, 0.2) is 0 Å². The van der Waals surface area contributed by atoms with Crippen molar-refractivity contribution >= 4 is 18.6 Å². The first-order valence-electron chi connectivity index (χ1n) is 4.31. The predicted octanol–water partition coefficient (Wildman–Crippen LogP) is 0.939. The van der Waals surface area contributed by atoms with Crippen LogP contribution in [0.25, 0.3) is 0 Å². The minimum Gasteiger partial charge on any atom is -0.480 e. The van der Waals surface area contributed by atoms with E-state index in [0.29, 0.717) is 6.42 Å². The number of hydrogen-bond donors (Lipinski definition) is 3. The van der Waals surface area contributed by atoms with Gasteiger partial charge in [-0.1, -0.05) is 30.3 Å². The molecule has 1 rings (SSSR count). The third kappa shape index (κ3) is 3.05. The zero-order valence-electron chi connectivity index (χ0n) is 7.63. The van der Waals surface area contributed by atoms with Crippen molar-refractivity contribution in [3.8, 4) is 0 Å². The van der Waals surface area contributed by atoms with E-state index >= 15 is 0 Å². The van der Waals surface area contributed by atoms with Gasteiger partial charge in [0.1, 0.15) is 6.04 Å². The van der Waals surface area contributed by atoms with Crippen molar-refractivity contribution in [3.63, 3.8) is 0 Å². The van der Waals surface area contributed by atoms with E-state index in [1.54, 1.807) is 0 Å². The fourth-order valence-electron chi connectivity index (χ4n) is 1.15. The molecule has 1 aromatic carbocycles. The van der Waals surface area contributed by atoms with Crippen molar-refractivity contribution in [2.45, 2.75) is 17.7 Å². The first kappa shape index (κ1) is 11.1. The van der Waals surface area contributed by atoms with E-state index in [1.807, 2.05) is 30.3 Å². The molecule has 0 amide bonds. The number of benzene rings is 1. The Balaban J connectivity index is 2.57. The number of hydrogen-bond acceptors (Lipinski definition) is 3. The van der Waals surface area contributed by atoms with Crippen LogP contribution in [0.4, 0.5) is 0 Å². The van der Waals surface area contributed by atoms with Crippen LogP contribution in [0.15, 0.2) is 30.3 Å². The lowest BCUT2D eigenvalue weighted by Gasteiger charge is -2.14. The Labute approximate surface area is 88.3 Å². The molecule has 0 aliphatic rings. The summed E-state index contributed by atoms with van der Waals surface area (Å²) in [5.74, 6) is -1.01. The summed E-state index contributed by atoms with van der Waals surface area (Å²) in [5, 5.41) is 8.30. The Morgan fingerprint density at radius 2 is 2.00 bits per heavy atom. The molecule has 14 heavy (non-hydrogen) atoms. The number of nitrogens with two attached hydrogens (primary N) is 1. The van der Waals surface area contributed by atoms with Gasteiger partial charge >= 0.3 is 5.97 Å². The summed E-state index contributed by atoms with van der Waals surface area (Å²) in [6.45, 7) is 0. The third-order valence-corrected chi connectivity index (χ3v) is 2.49. The molecule has 3 nitrogen and oxygen atoms in total. The first-order valence-corrected chi connectivity index (χ1v) is 4.83. The van der Waals surface area contributed by atoms with Gasteiger partial charge in [-0.3, -0.25) is 4.79 Å². The van der Waals surface area contributed by atoms with Gasteiger partial charge in [-0.25, -0.2) is 0 Å². The average Bonchev–Trinajstić information content (AvgIpc) is 2.18. The summed E-state index contributed by atoms with van der Waals surface area (Å²) < 4.78 is 0. The van der Waals surface area contributed by atoms with Crippen molar-refractivity contribution < 1.29 is 9.90 Å². The van der Waals surface area contributed by atoms with E-state index in [4.69, 9.17) is 10.8 Å². The fraction of sp³-hybridized carbons (Fsp3) is 0.300. The number of carboxylic acid groups (broad SMARTS) is 1. The van der Waals surface area contributed by atoms with Gasteiger partial charge in [-0.2, -0.15) is 12.6 Å². The molecule has 0 aliphatic carbocycles. The first-order chi connectivity index (χ1) is 6.61. The average molecular weight is 211 g/mol. The fourth-order valence-corrected chi connectivity index (χ4v) is 1.49. The maximum absolute atomic E-state index is 10.6. The molecule has 3 N–H and O–H groups in total. The SMILES string of the molecule is N[C@H](C(=O)O)C(S)Cc1ccccc1. The Kier molecular flexibility index (Phi) is 3.98. The van der Waals surface area contributed by atoms with Crippen LogP contribution in [0.2, 0.25) is 0 Å². The highest BCUT2D eigenvalue weighted by atomic mass is 32.1. The van der Waals surface area contributed by atoms with Crippen LogP contribution in [0.3, 0.4) is 0 Å². The molecule has 0 aromatic heterocycles. The molecule has 0 bridgehead atoms. The second-order valence-corrected chi connectivity index (χ2v) is 3.78. The van der Waals surface area contributed by atoms with Gasteiger partial charge < -0.3 is 10.8 Å². The molecular weight excluding hydrogens is 198 g/mol. The molecular formula is C10H13NO2S. The highest BCUT2D eigenvalue weighted by Crippen LogP contribution is 2.10. The van der Waals surface area contributed by atoms with E-state index in [2.05, 4.69) is 12.6 Å². The number of rotatable bonds is 4. The zero-order chi connectivity index (χ0) is 10.6. The molecule has 4 heteroatoms. The van der Waals surface area contributed by atoms with Crippen molar-refractivity contribution in [3.05, 3.63) is 35.9 Å². The predicted molar refractivity (Wildman–Crippen MR) is 58.5 cm³/mol. The Morgan fingerprint density at radius 3 is 2.50 bits per heavy atom. The molecule has 0 radical (unpaired) electrons.